The van der Waals surface area contributed by atoms with E-state index in [9.17, 15) is 4.79 Å². The summed E-state index contributed by atoms with van der Waals surface area (Å²) in [6.45, 7) is 4.57. The molecule has 0 radical (unpaired) electrons. The molecule has 3 aromatic rings. The second kappa shape index (κ2) is 7.61. The molecule has 0 bridgehead atoms. The Morgan fingerprint density at radius 1 is 1.15 bits per heavy atom. The number of nitrogens with one attached hydrogen (secondary N) is 1. The zero-order valence-electron chi connectivity index (χ0n) is 15.4. The fourth-order valence-electron chi connectivity index (χ4n) is 3.74. The summed E-state index contributed by atoms with van der Waals surface area (Å²) in [5, 5.41) is 3.61. The lowest BCUT2D eigenvalue weighted by molar-refractivity contribution is 0.177. The number of aromatic nitrogens is 2. The Balaban J connectivity index is 1.35. The van der Waals surface area contributed by atoms with Crippen molar-refractivity contribution in [1.29, 1.82) is 0 Å². The number of likely N-dealkylation sites (tertiary alicyclic amines) is 1. The Morgan fingerprint density at radius 3 is 2.59 bits per heavy atom. The van der Waals surface area contributed by atoms with Gasteiger partial charge in [0.25, 0.3) is 0 Å². The third-order valence-electron chi connectivity index (χ3n) is 5.28. The minimum Gasteiger partial charge on any atom is -0.328 e. The fourth-order valence-corrected chi connectivity index (χ4v) is 3.86. The average Bonchev–Trinajstić information content (AvgIpc) is 2.99. The third-order valence-corrected chi connectivity index (χ3v) is 5.54. The van der Waals surface area contributed by atoms with Gasteiger partial charge in [0.15, 0.2) is 0 Å². The third kappa shape index (κ3) is 3.93. The van der Waals surface area contributed by atoms with Gasteiger partial charge in [-0.3, -0.25) is 0 Å². The number of piperidine rings is 1. The van der Waals surface area contributed by atoms with Crippen LogP contribution >= 0.6 is 11.6 Å². The summed E-state index contributed by atoms with van der Waals surface area (Å²) in [6, 6.07) is 15.4. The molecule has 0 aliphatic carbocycles. The van der Waals surface area contributed by atoms with Crippen molar-refractivity contribution in [3.05, 3.63) is 59.4 Å². The lowest BCUT2D eigenvalue weighted by atomic mass is 9.97. The van der Waals surface area contributed by atoms with Crippen molar-refractivity contribution >= 4 is 34.4 Å². The van der Waals surface area contributed by atoms with Crippen molar-refractivity contribution in [3.8, 4) is 0 Å². The molecule has 1 N–H and O–H groups in total. The highest BCUT2D eigenvalue weighted by Crippen LogP contribution is 2.24. The second-order valence-electron chi connectivity index (χ2n) is 7.13. The number of imidazole rings is 1. The normalized spacial score (nSPS) is 15.3. The Morgan fingerprint density at radius 2 is 1.85 bits per heavy atom. The summed E-state index contributed by atoms with van der Waals surface area (Å²) in [6.07, 6.45) is 2.00. The van der Waals surface area contributed by atoms with E-state index in [1.165, 1.54) is 5.52 Å². The maximum absolute atomic E-state index is 12.5. The molecule has 1 aliphatic heterocycles. The Bertz CT molecular complexity index is 942. The Kier molecular flexibility index (Phi) is 5.03. The minimum atomic E-state index is -0.0416. The second-order valence-corrected chi connectivity index (χ2v) is 7.56. The summed E-state index contributed by atoms with van der Waals surface area (Å²) < 4.78 is 2.31. The molecule has 2 aromatic carbocycles. The van der Waals surface area contributed by atoms with Crippen LogP contribution in [0, 0.1) is 12.8 Å². The SMILES string of the molecule is Cc1nc2ccccc2n1CC1CCN(C(=O)Nc2ccc(Cl)cc2)CC1. The molecule has 1 aliphatic rings. The molecule has 0 unspecified atom stereocenters. The van der Waals surface area contributed by atoms with Crippen LogP contribution in [0.1, 0.15) is 18.7 Å². The van der Waals surface area contributed by atoms with Gasteiger partial charge in [0.2, 0.25) is 0 Å². The lowest BCUT2D eigenvalue weighted by Crippen LogP contribution is -2.41. The van der Waals surface area contributed by atoms with E-state index < -0.39 is 0 Å². The lowest BCUT2D eigenvalue weighted by Gasteiger charge is -2.32. The van der Waals surface area contributed by atoms with E-state index in [4.69, 9.17) is 11.6 Å². The maximum atomic E-state index is 12.5. The standard InChI is InChI=1S/C21H23ClN4O/c1-15-23-19-4-2-3-5-20(19)26(15)14-16-10-12-25(13-11-16)21(27)24-18-8-6-17(22)7-9-18/h2-9,16H,10-14H2,1H3,(H,24,27). The molecule has 6 heteroatoms. The zero-order chi connectivity index (χ0) is 18.8. The van der Waals surface area contributed by atoms with Gasteiger partial charge in [-0.2, -0.15) is 0 Å². The monoisotopic (exact) mass is 382 g/mol. The van der Waals surface area contributed by atoms with Crippen molar-refractivity contribution < 1.29 is 4.79 Å². The van der Waals surface area contributed by atoms with Crippen molar-refractivity contribution in [2.45, 2.75) is 26.3 Å². The van der Waals surface area contributed by atoms with E-state index in [2.05, 4.69) is 40.0 Å². The molecular weight excluding hydrogens is 360 g/mol. The number of hydrogen-bond donors (Lipinski definition) is 1. The predicted octanol–water partition coefficient (Wildman–Crippen LogP) is 4.94. The van der Waals surface area contributed by atoms with E-state index in [1.54, 1.807) is 12.1 Å². The number of carbonyl (C=O) groups is 1. The van der Waals surface area contributed by atoms with Crippen LogP contribution < -0.4 is 5.32 Å². The molecular formula is C21H23ClN4O. The largest absolute Gasteiger partial charge is 0.328 e. The highest BCUT2D eigenvalue weighted by Gasteiger charge is 2.24. The summed E-state index contributed by atoms with van der Waals surface area (Å²) in [5.74, 6) is 1.61. The maximum Gasteiger partial charge on any atom is 0.321 e. The molecule has 4 rings (SSSR count). The van der Waals surface area contributed by atoms with Gasteiger partial charge in [0.05, 0.1) is 11.0 Å². The van der Waals surface area contributed by atoms with E-state index in [0.29, 0.717) is 10.9 Å². The topological polar surface area (TPSA) is 50.2 Å². The number of amides is 2. The first-order chi connectivity index (χ1) is 13.1. The first-order valence-electron chi connectivity index (χ1n) is 9.33. The van der Waals surface area contributed by atoms with Gasteiger partial charge in [0, 0.05) is 30.3 Å². The molecule has 0 saturated carbocycles. The summed E-state index contributed by atoms with van der Waals surface area (Å²) >= 11 is 5.89. The van der Waals surface area contributed by atoms with Gasteiger partial charge in [-0.05, 0) is 62.1 Å². The summed E-state index contributed by atoms with van der Waals surface area (Å²) in [7, 11) is 0. The number of carbonyl (C=O) groups excluding carboxylic acids is 1. The number of halogens is 1. The van der Waals surface area contributed by atoms with Gasteiger partial charge in [-0.25, -0.2) is 9.78 Å². The van der Waals surface area contributed by atoms with Crippen LogP contribution in [0.4, 0.5) is 10.5 Å². The summed E-state index contributed by atoms with van der Waals surface area (Å²) in [5.41, 5.74) is 3.01. The Labute approximate surface area is 163 Å². The van der Waals surface area contributed by atoms with Crippen molar-refractivity contribution in [1.82, 2.24) is 14.5 Å². The van der Waals surface area contributed by atoms with Gasteiger partial charge in [-0.15, -0.1) is 0 Å². The highest BCUT2D eigenvalue weighted by molar-refractivity contribution is 6.30. The predicted molar refractivity (Wildman–Crippen MR) is 109 cm³/mol. The number of rotatable bonds is 3. The molecule has 27 heavy (non-hydrogen) atoms. The number of benzene rings is 2. The van der Waals surface area contributed by atoms with Crippen LogP contribution in [0.2, 0.25) is 5.02 Å². The van der Waals surface area contributed by atoms with E-state index in [-0.39, 0.29) is 6.03 Å². The number of hydrogen-bond acceptors (Lipinski definition) is 2. The number of aryl methyl sites for hydroxylation is 1. The molecule has 5 nitrogen and oxygen atoms in total. The van der Waals surface area contributed by atoms with E-state index in [1.807, 2.05) is 23.1 Å². The van der Waals surface area contributed by atoms with Crippen LogP contribution in [0.15, 0.2) is 48.5 Å². The van der Waals surface area contributed by atoms with Gasteiger partial charge in [-0.1, -0.05) is 23.7 Å². The highest BCUT2D eigenvalue weighted by atomic mass is 35.5. The van der Waals surface area contributed by atoms with E-state index >= 15 is 0 Å². The van der Waals surface area contributed by atoms with Gasteiger partial charge in [0.1, 0.15) is 5.82 Å². The van der Waals surface area contributed by atoms with Crippen LogP contribution in [-0.4, -0.2) is 33.6 Å². The fraction of sp³-hybridized carbons (Fsp3) is 0.333. The molecule has 1 fully saturated rings. The Hall–Kier alpha value is -2.53. The van der Waals surface area contributed by atoms with Gasteiger partial charge < -0.3 is 14.8 Å². The molecule has 0 spiro atoms. The molecule has 0 atom stereocenters. The number of fused-ring (bicyclic) bond motifs is 1. The quantitative estimate of drug-likeness (QED) is 0.697. The smallest absolute Gasteiger partial charge is 0.321 e. The molecule has 2 heterocycles. The van der Waals surface area contributed by atoms with Crippen LogP contribution in [0.3, 0.4) is 0 Å². The first-order valence-corrected chi connectivity index (χ1v) is 9.71. The van der Waals surface area contributed by atoms with Gasteiger partial charge >= 0.3 is 6.03 Å². The average molecular weight is 383 g/mol. The van der Waals surface area contributed by atoms with Crippen molar-refractivity contribution in [2.75, 3.05) is 18.4 Å². The zero-order valence-corrected chi connectivity index (χ0v) is 16.1. The van der Waals surface area contributed by atoms with E-state index in [0.717, 1.165) is 49.5 Å². The number of urea groups is 1. The summed E-state index contributed by atoms with van der Waals surface area (Å²) in [4.78, 5) is 19.0. The van der Waals surface area contributed by atoms with Crippen LogP contribution in [0.5, 0.6) is 0 Å². The first kappa shape index (κ1) is 17.9. The number of nitrogens with zero attached hydrogens (tertiary/aromatic N) is 3. The van der Waals surface area contributed by atoms with Crippen LogP contribution in [-0.2, 0) is 6.54 Å². The number of anilines is 1. The molecule has 140 valence electrons. The van der Waals surface area contributed by atoms with Crippen LogP contribution in [0.25, 0.3) is 11.0 Å². The minimum absolute atomic E-state index is 0.0416. The van der Waals surface area contributed by atoms with Crippen molar-refractivity contribution in [2.24, 2.45) is 5.92 Å². The van der Waals surface area contributed by atoms with Crippen molar-refractivity contribution in [3.63, 3.8) is 0 Å². The molecule has 1 aromatic heterocycles. The molecule has 2 amide bonds. The number of para-hydroxylation sites is 2. The molecule has 1 saturated heterocycles.